The maximum Gasteiger partial charge on any atom is 0.213 e. The lowest BCUT2D eigenvalue weighted by molar-refractivity contribution is -0.108. The van der Waals surface area contributed by atoms with Gasteiger partial charge in [-0.15, -0.1) is 0 Å². The number of nitrogens with zero attached hydrogens (tertiary/aromatic N) is 1. The Morgan fingerprint density at radius 3 is 2.62 bits per heavy atom. The number of thioether (sulfide) groups is 1. The number of rotatable bonds is 1. The summed E-state index contributed by atoms with van der Waals surface area (Å²) in [5, 5.41) is 3.05. The first-order valence-corrected chi connectivity index (χ1v) is 3.28. The predicted octanol–water partition coefficient (Wildman–Crippen LogP) is 0.0812. The van der Waals surface area contributed by atoms with Crippen LogP contribution in [0.4, 0.5) is 0 Å². The zero-order chi connectivity index (χ0) is 6.41. The lowest BCUT2D eigenvalue weighted by Crippen LogP contribution is -2.16. The van der Waals surface area contributed by atoms with Gasteiger partial charge in [0.1, 0.15) is 0 Å². The molecule has 46 valence electrons. The number of amides is 1. The smallest absolute Gasteiger partial charge is 0.213 e. The fourth-order valence-corrected chi connectivity index (χ4v) is 0.614. The summed E-state index contributed by atoms with van der Waals surface area (Å²) in [4.78, 5) is 13.5. The van der Waals surface area contributed by atoms with Crippen molar-refractivity contribution in [3.63, 3.8) is 0 Å². The molecule has 0 saturated carbocycles. The first-order chi connectivity index (χ1) is 3.85. The van der Waals surface area contributed by atoms with Gasteiger partial charge in [0.15, 0.2) is 5.17 Å². The minimum absolute atomic E-state index is 0.610. The van der Waals surface area contributed by atoms with E-state index in [1.54, 1.807) is 7.05 Å². The van der Waals surface area contributed by atoms with Crippen molar-refractivity contribution in [1.82, 2.24) is 5.32 Å². The normalized spacial score (nSPS) is 11.0. The number of nitrogens with one attached hydrogen (secondary N) is 1. The Labute approximate surface area is 52.6 Å². The zero-order valence-electron chi connectivity index (χ0n) is 4.84. The van der Waals surface area contributed by atoms with Gasteiger partial charge >= 0.3 is 0 Å². The van der Waals surface area contributed by atoms with Crippen LogP contribution in [-0.2, 0) is 4.79 Å². The van der Waals surface area contributed by atoms with E-state index in [0.29, 0.717) is 11.6 Å². The first-order valence-electron chi connectivity index (χ1n) is 2.06. The molecule has 4 heteroatoms. The molecule has 0 radical (unpaired) electrons. The van der Waals surface area contributed by atoms with Crippen LogP contribution in [0, 0.1) is 0 Å². The molecular formula is C4H8N2OS. The number of carbonyl (C=O) groups is 1. The van der Waals surface area contributed by atoms with Crippen molar-refractivity contribution < 1.29 is 4.79 Å². The highest BCUT2D eigenvalue weighted by Crippen LogP contribution is 1.90. The van der Waals surface area contributed by atoms with Crippen molar-refractivity contribution in [1.29, 1.82) is 0 Å². The number of aliphatic imine (C=N–C) groups is 1. The molecule has 0 atom stereocenters. The van der Waals surface area contributed by atoms with E-state index in [1.807, 2.05) is 6.26 Å². The summed E-state index contributed by atoms with van der Waals surface area (Å²) in [6.07, 6.45) is 2.46. The number of hydrogen-bond acceptors (Lipinski definition) is 3. The minimum Gasteiger partial charge on any atom is -0.308 e. The van der Waals surface area contributed by atoms with E-state index in [4.69, 9.17) is 0 Å². The lowest BCUT2D eigenvalue weighted by Gasteiger charge is -1.94. The Morgan fingerprint density at radius 1 is 1.88 bits per heavy atom. The van der Waals surface area contributed by atoms with Crippen molar-refractivity contribution in [3.8, 4) is 0 Å². The highest BCUT2D eigenvalue weighted by Gasteiger charge is 1.87. The minimum atomic E-state index is 0.610. The highest BCUT2D eigenvalue weighted by molar-refractivity contribution is 8.13. The Kier molecular flexibility index (Phi) is 4.35. The molecule has 0 saturated heterocycles. The first kappa shape index (κ1) is 7.49. The van der Waals surface area contributed by atoms with E-state index in [-0.39, 0.29) is 0 Å². The van der Waals surface area contributed by atoms with Crippen LogP contribution in [-0.4, -0.2) is 24.9 Å². The van der Waals surface area contributed by atoms with Gasteiger partial charge in [-0.05, 0) is 6.26 Å². The van der Waals surface area contributed by atoms with Crippen LogP contribution in [0.5, 0.6) is 0 Å². The molecule has 1 amide bonds. The third kappa shape index (κ3) is 2.63. The van der Waals surface area contributed by atoms with Gasteiger partial charge in [-0.3, -0.25) is 9.79 Å². The van der Waals surface area contributed by atoms with Gasteiger partial charge in [-0.1, -0.05) is 11.8 Å². The van der Waals surface area contributed by atoms with E-state index in [2.05, 4.69) is 10.3 Å². The maximum absolute atomic E-state index is 9.73. The van der Waals surface area contributed by atoms with E-state index in [0.717, 1.165) is 0 Å². The molecule has 1 N–H and O–H groups in total. The molecule has 3 nitrogen and oxygen atoms in total. The molecule has 0 heterocycles. The fourth-order valence-electron chi connectivity index (χ4n) is 0.265. The number of amidine groups is 1. The average Bonchev–Trinajstić information content (AvgIpc) is 1.83. The second kappa shape index (κ2) is 4.64. The van der Waals surface area contributed by atoms with Gasteiger partial charge in [-0.25, -0.2) is 0 Å². The summed E-state index contributed by atoms with van der Waals surface area (Å²) < 4.78 is 0. The van der Waals surface area contributed by atoms with Crippen LogP contribution >= 0.6 is 11.8 Å². The average molecular weight is 132 g/mol. The molecule has 0 bridgehead atoms. The molecule has 0 aromatic carbocycles. The molecule has 0 aromatic heterocycles. The fraction of sp³-hybridized carbons (Fsp3) is 0.500. The van der Waals surface area contributed by atoms with Gasteiger partial charge < -0.3 is 5.32 Å². The quantitative estimate of drug-likeness (QED) is 0.312. The van der Waals surface area contributed by atoms with E-state index >= 15 is 0 Å². The molecule has 0 rings (SSSR count). The Balaban J connectivity index is 3.53. The third-order valence-corrected chi connectivity index (χ3v) is 1.27. The van der Waals surface area contributed by atoms with Crippen molar-refractivity contribution in [3.05, 3.63) is 0 Å². The largest absolute Gasteiger partial charge is 0.308 e. The second-order valence-electron chi connectivity index (χ2n) is 0.995. The molecule has 0 aliphatic heterocycles. The summed E-state index contributed by atoms with van der Waals surface area (Å²) in [6, 6.07) is 0. The molecule has 0 spiro atoms. The van der Waals surface area contributed by atoms with E-state index < -0.39 is 0 Å². The van der Waals surface area contributed by atoms with Crippen LogP contribution in [0.25, 0.3) is 0 Å². The molecule has 0 fully saturated rings. The van der Waals surface area contributed by atoms with Crippen molar-refractivity contribution in [2.75, 3.05) is 13.3 Å². The molecule has 0 aliphatic carbocycles. The van der Waals surface area contributed by atoms with E-state index in [1.165, 1.54) is 11.8 Å². The van der Waals surface area contributed by atoms with Gasteiger partial charge in [-0.2, -0.15) is 0 Å². The Morgan fingerprint density at radius 2 is 2.50 bits per heavy atom. The van der Waals surface area contributed by atoms with Crippen LogP contribution in [0.3, 0.4) is 0 Å². The summed E-state index contributed by atoms with van der Waals surface area (Å²) in [5.41, 5.74) is 0. The molecule has 0 unspecified atom stereocenters. The van der Waals surface area contributed by atoms with Crippen molar-refractivity contribution in [2.45, 2.75) is 0 Å². The third-order valence-electron chi connectivity index (χ3n) is 0.579. The molecular weight excluding hydrogens is 124 g/mol. The Hall–Kier alpha value is -0.510. The van der Waals surface area contributed by atoms with Crippen molar-refractivity contribution in [2.24, 2.45) is 4.99 Å². The SMILES string of the molecule is CN=C(NC=O)SC. The zero-order valence-corrected chi connectivity index (χ0v) is 5.66. The molecule has 0 aliphatic rings. The highest BCUT2D eigenvalue weighted by atomic mass is 32.2. The monoisotopic (exact) mass is 132 g/mol. The molecule has 8 heavy (non-hydrogen) atoms. The standard InChI is InChI=1S/C4H8N2OS/c1-5-4(8-2)6-3-7/h3H,1-2H3,(H,5,6,7). The number of carbonyl (C=O) groups excluding carboxylic acids is 1. The van der Waals surface area contributed by atoms with Crippen LogP contribution in [0.2, 0.25) is 0 Å². The topological polar surface area (TPSA) is 41.5 Å². The van der Waals surface area contributed by atoms with Gasteiger partial charge in [0.25, 0.3) is 0 Å². The summed E-state index contributed by atoms with van der Waals surface area (Å²) in [6.45, 7) is 0. The number of hydrogen-bond donors (Lipinski definition) is 1. The van der Waals surface area contributed by atoms with Gasteiger partial charge in [0.05, 0.1) is 0 Å². The van der Waals surface area contributed by atoms with Crippen LogP contribution in [0.15, 0.2) is 4.99 Å². The summed E-state index contributed by atoms with van der Waals surface area (Å²) in [7, 11) is 1.63. The van der Waals surface area contributed by atoms with Crippen LogP contribution < -0.4 is 5.32 Å². The predicted molar refractivity (Wildman–Crippen MR) is 36.1 cm³/mol. The lowest BCUT2D eigenvalue weighted by atomic mass is 11.1. The summed E-state index contributed by atoms with van der Waals surface area (Å²) in [5.74, 6) is 0. The van der Waals surface area contributed by atoms with E-state index in [9.17, 15) is 4.79 Å². The van der Waals surface area contributed by atoms with Crippen LogP contribution in [0.1, 0.15) is 0 Å². The van der Waals surface area contributed by atoms with Gasteiger partial charge in [0.2, 0.25) is 6.41 Å². The maximum atomic E-state index is 9.73. The Bertz CT molecular complexity index is 102. The van der Waals surface area contributed by atoms with Crippen molar-refractivity contribution >= 4 is 23.3 Å². The van der Waals surface area contributed by atoms with Gasteiger partial charge in [0, 0.05) is 7.05 Å². The molecule has 0 aromatic rings. The second-order valence-corrected chi connectivity index (χ2v) is 1.79. The summed E-state index contributed by atoms with van der Waals surface area (Å²) >= 11 is 1.40.